The summed E-state index contributed by atoms with van der Waals surface area (Å²) in [6.07, 6.45) is -0.514. The van der Waals surface area contributed by atoms with Gasteiger partial charge in [0.2, 0.25) is 5.91 Å². The van der Waals surface area contributed by atoms with Crippen LogP contribution in [0.5, 0.6) is 0 Å². The highest BCUT2D eigenvalue weighted by molar-refractivity contribution is 6.74. The maximum atomic E-state index is 11.1. The molecule has 3 atom stereocenters. The van der Waals surface area contributed by atoms with Crippen LogP contribution >= 0.6 is 0 Å². The molecule has 3 N–H and O–H groups in total. The van der Waals surface area contributed by atoms with Crippen molar-refractivity contribution in [3.05, 3.63) is 45.5 Å². The molecule has 3 aliphatic rings. The van der Waals surface area contributed by atoms with E-state index in [0.717, 1.165) is 6.54 Å². The van der Waals surface area contributed by atoms with E-state index < -0.39 is 25.4 Å². The van der Waals surface area contributed by atoms with Crippen LogP contribution in [0.2, 0.25) is 18.1 Å². The summed E-state index contributed by atoms with van der Waals surface area (Å²) in [5.74, 6) is -0.928. The van der Waals surface area contributed by atoms with Crippen LogP contribution in [0.15, 0.2) is 24.3 Å². The van der Waals surface area contributed by atoms with Crippen molar-refractivity contribution in [2.75, 3.05) is 6.54 Å². The van der Waals surface area contributed by atoms with Crippen LogP contribution in [0.3, 0.4) is 0 Å². The molecule has 10 heteroatoms. The van der Waals surface area contributed by atoms with Gasteiger partial charge in [-0.3, -0.25) is 14.9 Å². The topological polar surface area (TPSA) is 134 Å². The van der Waals surface area contributed by atoms with E-state index in [2.05, 4.69) is 43.9 Å². The number of fused-ring (bicyclic) bond motifs is 4. The molecule has 0 radical (unpaired) electrons. The average molecular weight is 424 g/mol. The first-order valence-corrected chi connectivity index (χ1v) is 12.4. The van der Waals surface area contributed by atoms with Gasteiger partial charge < -0.3 is 20.2 Å². The second-order valence-electron chi connectivity index (χ2n) is 8.76. The third-order valence-corrected chi connectivity index (χ3v) is 10.1. The predicted molar refractivity (Wildman–Crippen MR) is 109 cm³/mol. The zero-order valence-electron chi connectivity index (χ0n) is 17.4. The zero-order chi connectivity index (χ0) is 22.0. The fraction of sp³-hybridized carbons (Fsp3) is 0.579. The molecule has 3 unspecified atom stereocenters. The number of amides is 1. The summed E-state index contributed by atoms with van der Waals surface area (Å²) < 4.78 is 10.8. The molecule has 1 aromatic carbocycles. The molecule has 1 amide bonds. The fourth-order valence-electron chi connectivity index (χ4n) is 2.79. The number of hydrogen-bond donors (Lipinski definition) is 2. The van der Waals surface area contributed by atoms with E-state index in [4.69, 9.17) is 10.2 Å². The Morgan fingerprint density at radius 3 is 2.34 bits per heavy atom. The number of ether oxygens (including phenoxy) is 1. The number of nitro groups is 1. The Labute approximate surface area is 171 Å². The number of primary amides is 1. The Balaban J connectivity index is 0.000000211. The first-order valence-electron chi connectivity index (χ1n) is 9.47. The second-order valence-corrected chi connectivity index (χ2v) is 13.5. The van der Waals surface area contributed by atoms with Crippen LogP contribution in [0, 0.1) is 10.1 Å². The van der Waals surface area contributed by atoms with Crippen LogP contribution in [-0.4, -0.2) is 43.8 Å². The quantitative estimate of drug-likeness (QED) is 0.328. The van der Waals surface area contributed by atoms with E-state index in [9.17, 15) is 19.7 Å². The van der Waals surface area contributed by atoms with E-state index in [1.54, 1.807) is 0 Å². The number of hydrogen-bond acceptors (Lipinski definition) is 7. The van der Waals surface area contributed by atoms with E-state index in [0.29, 0.717) is 17.5 Å². The molecular weight excluding hydrogens is 394 g/mol. The van der Waals surface area contributed by atoms with E-state index in [-0.39, 0.29) is 23.1 Å². The minimum absolute atomic E-state index is 0.137. The molecule has 0 spiro atoms. The van der Waals surface area contributed by atoms with Gasteiger partial charge in [0.1, 0.15) is 0 Å². The standard InChI is InChI=1S/C11H24N2O2Si.C8H5NO4/c1-11(2,3)16(4,5)15-8-6-9(10(12)14)13-7-8;10-8-6-3-1-5(2-4-6)7(13-8)9(11)12/h8-9,13H,6-7H2,1-5H3,(H2,12,14);1-4,7H. The third kappa shape index (κ3) is 5.61. The summed E-state index contributed by atoms with van der Waals surface area (Å²) in [7, 11) is -1.73. The van der Waals surface area contributed by atoms with Gasteiger partial charge in [0.05, 0.1) is 28.2 Å². The molecule has 2 bridgehead atoms. The van der Waals surface area contributed by atoms with Gasteiger partial charge in [-0.25, -0.2) is 4.79 Å². The Morgan fingerprint density at radius 2 is 1.90 bits per heavy atom. The molecule has 1 saturated heterocycles. The van der Waals surface area contributed by atoms with Crippen molar-refractivity contribution in [3.8, 4) is 0 Å². The van der Waals surface area contributed by atoms with Crippen molar-refractivity contribution in [1.29, 1.82) is 0 Å². The van der Waals surface area contributed by atoms with Gasteiger partial charge in [0, 0.05) is 6.54 Å². The van der Waals surface area contributed by atoms with E-state index in [1.807, 2.05) is 0 Å². The summed E-state index contributed by atoms with van der Waals surface area (Å²) in [5, 5.41) is 13.8. The summed E-state index contributed by atoms with van der Waals surface area (Å²) >= 11 is 0. The van der Waals surface area contributed by atoms with Gasteiger partial charge in [-0.1, -0.05) is 20.8 Å². The number of rotatable bonds is 4. The van der Waals surface area contributed by atoms with E-state index in [1.165, 1.54) is 24.3 Å². The first-order chi connectivity index (χ1) is 13.3. The van der Waals surface area contributed by atoms with Crippen molar-refractivity contribution < 1.29 is 23.7 Å². The van der Waals surface area contributed by atoms with Gasteiger partial charge in [0.15, 0.2) is 8.32 Å². The zero-order valence-corrected chi connectivity index (χ0v) is 18.4. The number of nitrogens with two attached hydrogens (primary N) is 1. The average Bonchev–Trinajstić information content (AvgIpc) is 2.94. The van der Waals surface area contributed by atoms with Crippen molar-refractivity contribution in [2.45, 2.75) is 63.7 Å². The lowest BCUT2D eigenvalue weighted by molar-refractivity contribution is -0.574. The van der Waals surface area contributed by atoms with E-state index >= 15 is 0 Å². The number of esters is 1. The molecule has 3 heterocycles. The highest BCUT2D eigenvalue weighted by atomic mass is 28.4. The third-order valence-electron chi connectivity index (χ3n) is 5.54. The first kappa shape index (κ1) is 23.0. The molecule has 9 nitrogen and oxygen atoms in total. The molecule has 1 aromatic rings. The molecule has 160 valence electrons. The highest BCUT2D eigenvalue weighted by Crippen LogP contribution is 2.38. The largest absolute Gasteiger partial charge is 0.413 e. The van der Waals surface area contributed by atoms with Crippen LogP contribution in [-0.2, 0) is 14.0 Å². The number of benzene rings is 1. The van der Waals surface area contributed by atoms with Crippen molar-refractivity contribution in [2.24, 2.45) is 5.73 Å². The van der Waals surface area contributed by atoms with Crippen molar-refractivity contribution >= 4 is 20.2 Å². The Bertz CT molecular complexity index is 775. The molecule has 3 aliphatic heterocycles. The number of nitrogens with one attached hydrogen (secondary N) is 1. The van der Waals surface area contributed by atoms with Crippen LogP contribution in [0.4, 0.5) is 0 Å². The minimum atomic E-state index is -1.73. The summed E-state index contributed by atoms with van der Waals surface area (Å²) in [6, 6.07) is 5.86. The molecular formula is C19H29N3O6Si. The number of carbonyl (C=O) groups is 2. The number of nitrogens with zero attached hydrogens (tertiary/aromatic N) is 1. The Morgan fingerprint density at radius 1 is 1.31 bits per heavy atom. The van der Waals surface area contributed by atoms with Crippen molar-refractivity contribution in [3.63, 3.8) is 0 Å². The lowest BCUT2D eigenvalue weighted by Crippen LogP contribution is -2.44. The fourth-order valence-corrected chi connectivity index (χ4v) is 4.16. The van der Waals surface area contributed by atoms with Gasteiger partial charge in [0.25, 0.3) is 0 Å². The SMILES string of the molecule is CC(C)(C)[Si](C)(C)OC1CNC(C(N)=O)C1.O=C1OC([N+](=O)[O-])c2ccc1cc2. The van der Waals surface area contributed by atoms with Gasteiger partial charge in [-0.15, -0.1) is 0 Å². The predicted octanol–water partition coefficient (Wildman–Crippen LogP) is 2.36. The van der Waals surface area contributed by atoms with Crippen molar-refractivity contribution in [1.82, 2.24) is 5.32 Å². The normalized spacial score (nSPS) is 23.6. The van der Waals surface area contributed by atoms with Crippen LogP contribution < -0.4 is 11.1 Å². The monoisotopic (exact) mass is 423 g/mol. The molecule has 0 aliphatic carbocycles. The Kier molecular flexibility index (Phi) is 6.81. The van der Waals surface area contributed by atoms with Crippen LogP contribution in [0.1, 0.15) is 49.3 Å². The van der Waals surface area contributed by atoms with Crippen LogP contribution in [0.25, 0.3) is 0 Å². The lowest BCUT2D eigenvalue weighted by atomic mass is 10.1. The molecule has 4 rings (SSSR count). The highest BCUT2D eigenvalue weighted by Gasteiger charge is 2.41. The molecule has 0 saturated carbocycles. The maximum Gasteiger partial charge on any atom is 0.383 e. The lowest BCUT2D eigenvalue weighted by Gasteiger charge is -2.38. The van der Waals surface area contributed by atoms with Gasteiger partial charge >= 0.3 is 12.2 Å². The van der Waals surface area contributed by atoms with Gasteiger partial charge in [-0.05, 0) is 48.8 Å². The molecule has 0 aromatic heterocycles. The Hall–Kier alpha value is -2.30. The second kappa shape index (κ2) is 8.60. The number of carbonyl (C=O) groups excluding carboxylic acids is 2. The minimum Gasteiger partial charge on any atom is -0.413 e. The summed E-state index contributed by atoms with van der Waals surface area (Å²) in [6.45, 7) is 11.8. The maximum absolute atomic E-state index is 11.1. The molecule has 29 heavy (non-hydrogen) atoms. The molecule has 1 fully saturated rings. The summed E-state index contributed by atoms with van der Waals surface area (Å²) in [4.78, 5) is 32.0. The summed E-state index contributed by atoms with van der Waals surface area (Å²) in [5.41, 5.74) is 5.99. The van der Waals surface area contributed by atoms with Gasteiger partial charge in [-0.2, -0.15) is 0 Å². The smallest absolute Gasteiger partial charge is 0.383 e.